The summed E-state index contributed by atoms with van der Waals surface area (Å²) in [5.74, 6) is -1.77. The molecule has 23 heavy (non-hydrogen) atoms. The molecule has 0 bridgehead atoms. The number of rotatable bonds is 4. The standard InChI is InChI=1S/C17H18N6/c18-7-5-15(12-3-1-2-4-12)23-10-13(9-22-23)16-14-6-8-19-17(14)21-11-20-16/h6,8-12,15H,1-5H2,(H,19,20,21)/t15-/m0/s1/i3D2,4D2,5D2,15D. The van der Waals surface area contributed by atoms with Gasteiger partial charge < -0.3 is 4.98 Å². The van der Waals surface area contributed by atoms with Gasteiger partial charge in [-0.15, -0.1) is 0 Å². The topological polar surface area (TPSA) is 83.2 Å². The van der Waals surface area contributed by atoms with Crippen LogP contribution in [-0.2, 0) is 0 Å². The maximum Gasteiger partial charge on any atom is 0.141 e. The van der Waals surface area contributed by atoms with E-state index in [9.17, 15) is 5.26 Å². The van der Waals surface area contributed by atoms with Crippen molar-refractivity contribution in [1.29, 1.82) is 5.26 Å². The van der Waals surface area contributed by atoms with Gasteiger partial charge >= 0.3 is 0 Å². The van der Waals surface area contributed by atoms with Crippen LogP contribution in [0.5, 0.6) is 0 Å². The number of aromatic nitrogens is 5. The normalized spacial score (nSPS) is 27.5. The molecule has 3 aromatic rings. The molecule has 0 unspecified atom stereocenters. The first-order valence-corrected chi connectivity index (χ1v) is 7.19. The first-order chi connectivity index (χ1) is 13.9. The van der Waals surface area contributed by atoms with E-state index in [1.54, 1.807) is 12.3 Å². The van der Waals surface area contributed by atoms with E-state index in [2.05, 4.69) is 20.1 Å². The Hall–Kier alpha value is -2.68. The molecule has 1 fully saturated rings. The van der Waals surface area contributed by atoms with Gasteiger partial charge in [-0.25, -0.2) is 9.97 Å². The molecule has 1 aliphatic rings. The molecule has 1 aliphatic carbocycles. The van der Waals surface area contributed by atoms with Crippen molar-refractivity contribution in [3.63, 3.8) is 0 Å². The van der Waals surface area contributed by atoms with Gasteiger partial charge in [0.15, 0.2) is 0 Å². The molecule has 116 valence electrons. The van der Waals surface area contributed by atoms with Crippen LogP contribution in [0.15, 0.2) is 31.0 Å². The quantitative estimate of drug-likeness (QED) is 0.799. The summed E-state index contributed by atoms with van der Waals surface area (Å²) >= 11 is 0. The number of aromatic amines is 1. The van der Waals surface area contributed by atoms with Gasteiger partial charge in [-0.05, 0) is 24.7 Å². The Morgan fingerprint density at radius 3 is 3.22 bits per heavy atom. The molecule has 1 N–H and O–H groups in total. The third kappa shape index (κ3) is 2.48. The lowest BCUT2D eigenvalue weighted by Crippen LogP contribution is -2.17. The van der Waals surface area contributed by atoms with Crippen LogP contribution in [0.2, 0.25) is 0 Å². The van der Waals surface area contributed by atoms with Crippen molar-refractivity contribution in [2.24, 2.45) is 5.92 Å². The summed E-state index contributed by atoms with van der Waals surface area (Å²) in [5, 5.41) is 14.2. The Morgan fingerprint density at radius 2 is 2.39 bits per heavy atom. The zero-order valence-corrected chi connectivity index (χ0v) is 12.1. The van der Waals surface area contributed by atoms with E-state index in [4.69, 9.17) is 9.60 Å². The fourth-order valence-electron chi connectivity index (χ4n) is 2.70. The van der Waals surface area contributed by atoms with Crippen molar-refractivity contribution < 1.29 is 9.60 Å². The Labute approximate surface area is 144 Å². The van der Waals surface area contributed by atoms with Crippen molar-refractivity contribution in [1.82, 2.24) is 24.7 Å². The molecule has 3 heterocycles. The van der Waals surface area contributed by atoms with Gasteiger partial charge in [-0.1, -0.05) is 12.8 Å². The van der Waals surface area contributed by atoms with Crippen LogP contribution >= 0.6 is 0 Å². The maximum atomic E-state index is 9.47. The minimum Gasteiger partial charge on any atom is -0.346 e. The largest absolute Gasteiger partial charge is 0.346 e. The van der Waals surface area contributed by atoms with Gasteiger partial charge in [0.25, 0.3) is 0 Å². The smallest absolute Gasteiger partial charge is 0.141 e. The second-order valence-electron chi connectivity index (χ2n) is 5.10. The molecule has 3 aromatic heterocycles. The molecule has 1 saturated carbocycles. The molecule has 0 aliphatic heterocycles. The molecular formula is C17H18N6. The third-order valence-electron chi connectivity index (χ3n) is 3.74. The molecular weight excluding hydrogens is 288 g/mol. The van der Waals surface area contributed by atoms with Gasteiger partial charge in [-0.2, -0.15) is 10.4 Å². The molecule has 4 rings (SSSR count). The Morgan fingerprint density at radius 1 is 1.52 bits per heavy atom. The second kappa shape index (κ2) is 5.84. The number of fused-ring (bicyclic) bond motifs is 1. The maximum absolute atomic E-state index is 9.47. The number of H-pyrrole nitrogens is 1. The molecule has 6 heteroatoms. The Balaban J connectivity index is 1.91. The lowest BCUT2D eigenvalue weighted by molar-refractivity contribution is 0.315. The highest BCUT2D eigenvalue weighted by Crippen LogP contribution is 2.36. The summed E-state index contributed by atoms with van der Waals surface area (Å²) in [6.07, 6.45) is -2.04. The molecule has 0 amide bonds. The van der Waals surface area contributed by atoms with E-state index in [1.807, 2.05) is 0 Å². The van der Waals surface area contributed by atoms with Crippen LogP contribution in [-0.4, -0.2) is 24.7 Å². The van der Waals surface area contributed by atoms with Crippen molar-refractivity contribution in [2.75, 3.05) is 0 Å². The molecule has 6 nitrogen and oxygen atoms in total. The molecule has 0 radical (unpaired) electrons. The van der Waals surface area contributed by atoms with E-state index in [0.717, 1.165) is 4.68 Å². The van der Waals surface area contributed by atoms with E-state index in [-0.39, 0.29) is 12.8 Å². The van der Waals surface area contributed by atoms with Crippen molar-refractivity contribution in [2.45, 2.75) is 38.0 Å². The number of nitriles is 1. The van der Waals surface area contributed by atoms with Gasteiger partial charge in [0.1, 0.15) is 12.0 Å². The highest BCUT2D eigenvalue weighted by atomic mass is 15.3. The monoisotopic (exact) mass is 313 g/mol. The highest BCUT2D eigenvalue weighted by molar-refractivity contribution is 5.89. The van der Waals surface area contributed by atoms with Gasteiger partial charge in [-0.3, -0.25) is 4.68 Å². The van der Waals surface area contributed by atoms with E-state index >= 15 is 0 Å². The minimum atomic E-state index is -2.93. The highest BCUT2D eigenvalue weighted by Gasteiger charge is 2.27. The van der Waals surface area contributed by atoms with Crippen LogP contribution < -0.4 is 0 Å². The van der Waals surface area contributed by atoms with Crippen molar-refractivity contribution in [3.05, 3.63) is 31.0 Å². The van der Waals surface area contributed by atoms with Gasteiger partial charge in [0.2, 0.25) is 0 Å². The Kier molecular flexibility index (Phi) is 2.10. The predicted octanol–water partition coefficient (Wildman–Crippen LogP) is 3.47. The van der Waals surface area contributed by atoms with Crippen LogP contribution in [0.25, 0.3) is 22.3 Å². The summed E-state index contributed by atoms with van der Waals surface area (Å²) < 4.78 is 59.3. The predicted molar refractivity (Wildman–Crippen MR) is 86.3 cm³/mol. The molecule has 0 saturated heterocycles. The lowest BCUT2D eigenvalue weighted by atomic mass is 9.96. The van der Waals surface area contributed by atoms with Crippen molar-refractivity contribution >= 4 is 11.0 Å². The number of hydrogen-bond acceptors (Lipinski definition) is 4. The summed E-state index contributed by atoms with van der Waals surface area (Å²) in [5.41, 5.74) is 1.44. The van der Waals surface area contributed by atoms with Crippen LogP contribution in [0.3, 0.4) is 0 Å². The summed E-state index contributed by atoms with van der Waals surface area (Å²) in [7, 11) is 0. The second-order valence-corrected chi connectivity index (χ2v) is 5.10. The average Bonchev–Trinajstić information content (AvgIpc) is 3.39. The number of nitrogens with zero attached hydrogens (tertiary/aromatic N) is 5. The van der Waals surface area contributed by atoms with E-state index < -0.39 is 31.1 Å². The zero-order valence-electron chi connectivity index (χ0n) is 19.1. The van der Waals surface area contributed by atoms with Crippen molar-refractivity contribution in [3.8, 4) is 17.3 Å². The fourth-order valence-corrected chi connectivity index (χ4v) is 2.70. The first-order valence-electron chi connectivity index (χ1n) is 10.7. The van der Waals surface area contributed by atoms with Crippen LogP contribution in [0.4, 0.5) is 0 Å². The van der Waals surface area contributed by atoms with Gasteiger partial charge in [0.05, 0.1) is 31.7 Å². The molecule has 1 atom stereocenters. The molecule has 0 spiro atoms. The minimum absolute atomic E-state index is 0.184. The summed E-state index contributed by atoms with van der Waals surface area (Å²) in [6, 6.07) is 0.518. The average molecular weight is 313 g/mol. The van der Waals surface area contributed by atoms with Crippen LogP contribution in [0.1, 0.15) is 47.6 Å². The fraction of sp³-hybridized carbons (Fsp3) is 0.412. The van der Waals surface area contributed by atoms with Gasteiger partial charge in [0, 0.05) is 31.6 Å². The summed E-state index contributed by atoms with van der Waals surface area (Å²) in [6.45, 7) is 0. The summed E-state index contributed by atoms with van der Waals surface area (Å²) in [4.78, 5) is 11.3. The number of nitrogens with one attached hydrogen (secondary N) is 1. The number of hydrogen-bond donors (Lipinski definition) is 1. The van der Waals surface area contributed by atoms with Crippen LogP contribution in [0, 0.1) is 17.2 Å². The lowest BCUT2D eigenvalue weighted by Gasteiger charge is -2.21. The third-order valence-corrected chi connectivity index (χ3v) is 3.74. The first kappa shape index (κ1) is 8.25. The van der Waals surface area contributed by atoms with E-state index in [1.165, 1.54) is 24.8 Å². The Bertz CT molecular complexity index is 1130. The van der Waals surface area contributed by atoms with E-state index in [0.29, 0.717) is 22.3 Å². The SMILES string of the molecule is [2H]C1([2H])CCC([2H])([2H])C1[C@@]([2H])(n1cc(-c2ncnc3[nH]ccc23)cn1)C([2H])([2H])C#N. The molecule has 0 aromatic carbocycles. The zero-order chi connectivity index (χ0) is 21.9.